The normalized spacial score (nSPS) is 10.2. The van der Waals surface area contributed by atoms with Crippen LogP contribution in [0.15, 0.2) is 34.9 Å². The molecular weight excluding hydrogens is 267 g/mol. The van der Waals surface area contributed by atoms with Crippen molar-refractivity contribution in [2.24, 2.45) is 5.73 Å². The Morgan fingerprint density at radius 3 is 2.68 bits per heavy atom. The number of amides is 1. The lowest BCUT2D eigenvalue weighted by atomic mass is 10.2. The van der Waals surface area contributed by atoms with Crippen molar-refractivity contribution in [2.45, 2.75) is 6.92 Å². The fourth-order valence-corrected chi connectivity index (χ4v) is 1.68. The fourth-order valence-electron chi connectivity index (χ4n) is 1.55. The lowest BCUT2D eigenvalue weighted by Gasteiger charge is -2.07. The van der Waals surface area contributed by atoms with Gasteiger partial charge in [0.15, 0.2) is 5.76 Å². The highest BCUT2D eigenvalue weighted by Crippen LogP contribution is 2.18. The number of rotatable bonds is 3. The van der Waals surface area contributed by atoms with Gasteiger partial charge in [0.1, 0.15) is 10.8 Å². The first kappa shape index (κ1) is 13.2. The Bertz CT molecular complexity index is 652. The largest absolute Gasteiger partial charge is 0.459 e. The molecule has 0 aliphatic carbocycles. The maximum atomic E-state index is 13.8. The maximum Gasteiger partial charge on any atom is 0.291 e. The molecule has 0 spiro atoms. The predicted molar refractivity (Wildman–Crippen MR) is 73.7 cm³/mol. The lowest BCUT2D eigenvalue weighted by molar-refractivity contribution is 0.0995. The van der Waals surface area contributed by atoms with Gasteiger partial charge >= 0.3 is 0 Å². The summed E-state index contributed by atoms with van der Waals surface area (Å²) in [7, 11) is 0. The first-order valence-corrected chi connectivity index (χ1v) is 5.84. The number of furan rings is 1. The Balaban J connectivity index is 2.23. The van der Waals surface area contributed by atoms with E-state index in [-0.39, 0.29) is 16.4 Å². The zero-order valence-corrected chi connectivity index (χ0v) is 10.9. The van der Waals surface area contributed by atoms with Gasteiger partial charge < -0.3 is 15.5 Å². The molecule has 0 bridgehead atoms. The monoisotopic (exact) mass is 278 g/mol. The van der Waals surface area contributed by atoms with Gasteiger partial charge in [0.2, 0.25) is 0 Å². The van der Waals surface area contributed by atoms with Crippen molar-refractivity contribution in [3.8, 4) is 0 Å². The number of hydrogen-bond acceptors (Lipinski definition) is 3. The Labute approximate surface area is 114 Å². The molecule has 3 N–H and O–H groups in total. The van der Waals surface area contributed by atoms with Gasteiger partial charge in [-0.15, -0.1) is 0 Å². The van der Waals surface area contributed by atoms with Crippen LogP contribution in [0.3, 0.4) is 0 Å². The van der Waals surface area contributed by atoms with Crippen molar-refractivity contribution in [3.63, 3.8) is 0 Å². The molecule has 98 valence electrons. The van der Waals surface area contributed by atoms with Crippen LogP contribution < -0.4 is 11.1 Å². The molecule has 0 unspecified atom stereocenters. The standard InChI is InChI=1S/C13H11FN2O2S/c1-7-4-5-18-11(7)13(17)16-10-3-2-8(12(15)19)6-9(10)14/h2-6H,1H3,(H2,15,19)(H,16,17). The van der Waals surface area contributed by atoms with Crippen LogP contribution in [0.1, 0.15) is 21.7 Å². The molecule has 0 saturated carbocycles. The van der Waals surface area contributed by atoms with Crippen LogP contribution in [-0.2, 0) is 0 Å². The summed E-state index contributed by atoms with van der Waals surface area (Å²) in [6.45, 7) is 1.73. The molecule has 4 nitrogen and oxygen atoms in total. The van der Waals surface area contributed by atoms with E-state index in [1.807, 2.05) is 0 Å². The number of benzene rings is 1. The van der Waals surface area contributed by atoms with Crippen molar-refractivity contribution >= 4 is 28.8 Å². The third kappa shape index (κ3) is 2.79. The summed E-state index contributed by atoms with van der Waals surface area (Å²) in [5, 5.41) is 2.43. The number of anilines is 1. The minimum Gasteiger partial charge on any atom is -0.459 e. The summed E-state index contributed by atoms with van der Waals surface area (Å²) in [5.41, 5.74) is 6.52. The van der Waals surface area contributed by atoms with Crippen molar-refractivity contribution in [3.05, 3.63) is 53.2 Å². The topological polar surface area (TPSA) is 68.3 Å². The Hall–Kier alpha value is -2.21. The number of carbonyl (C=O) groups is 1. The van der Waals surface area contributed by atoms with Gasteiger partial charge in [-0.2, -0.15) is 0 Å². The lowest BCUT2D eigenvalue weighted by Crippen LogP contribution is -2.14. The van der Waals surface area contributed by atoms with Crippen LogP contribution in [0.4, 0.5) is 10.1 Å². The summed E-state index contributed by atoms with van der Waals surface area (Å²) < 4.78 is 18.8. The fraction of sp³-hybridized carbons (Fsp3) is 0.0769. The van der Waals surface area contributed by atoms with E-state index in [9.17, 15) is 9.18 Å². The van der Waals surface area contributed by atoms with Gasteiger partial charge in [-0.1, -0.05) is 12.2 Å². The highest BCUT2D eigenvalue weighted by atomic mass is 32.1. The third-order valence-corrected chi connectivity index (χ3v) is 2.81. The van der Waals surface area contributed by atoms with E-state index in [2.05, 4.69) is 5.32 Å². The van der Waals surface area contributed by atoms with Gasteiger partial charge in [-0.05, 0) is 31.2 Å². The highest BCUT2D eigenvalue weighted by Gasteiger charge is 2.15. The summed E-state index contributed by atoms with van der Waals surface area (Å²) in [5.74, 6) is -0.967. The minimum absolute atomic E-state index is 0.0424. The molecule has 1 heterocycles. The second kappa shape index (κ2) is 5.19. The zero-order valence-electron chi connectivity index (χ0n) is 10.1. The summed E-state index contributed by atoms with van der Waals surface area (Å²) >= 11 is 4.74. The first-order valence-electron chi connectivity index (χ1n) is 5.44. The van der Waals surface area contributed by atoms with E-state index in [4.69, 9.17) is 22.4 Å². The molecule has 0 fully saturated rings. The third-order valence-electron chi connectivity index (χ3n) is 2.57. The van der Waals surface area contributed by atoms with Gasteiger partial charge in [-0.3, -0.25) is 4.79 Å². The van der Waals surface area contributed by atoms with Crippen LogP contribution in [0.2, 0.25) is 0 Å². The molecule has 2 rings (SSSR count). The number of aryl methyl sites for hydroxylation is 1. The van der Waals surface area contributed by atoms with Gasteiger partial charge in [0.05, 0.1) is 12.0 Å². The highest BCUT2D eigenvalue weighted by molar-refractivity contribution is 7.80. The molecule has 0 aliphatic rings. The number of carbonyl (C=O) groups excluding carboxylic acids is 1. The van der Waals surface area contributed by atoms with Gasteiger partial charge in [0.25, 0.3) is 5.91 Å². The van der Waals surface area contributed by atoms with Crippen LogP contribution in [0.25, 0.3) is 0 Å². The van der Waals surface area contributed by atoms with Crippen LogP contribution >= 0.6 is 12.2 Å². The second-order valence-corrected chi connectivity index (χ2v) is 4.39. The molecule has 2 aromatic rings. The van der Waals surface area contributed by atoms with E-state index < -0.39 is 11.7 Å². The van der Waals surface area contributed by atoms with Crippen molar-refractivity contribution in [1.29, 1.82) is 0 Å². The number of halogens is 1. The van der Waals surface area contributed by atoms with Crippen molar-refractivity contribution in [2.75, 3.05) is 5.32 Å². The Morgan fingerprint density at radius 1 is 1.42 bits per heavy atom. The molecule has 19 heavy (non-hydrogen) atoms. The van der Waals surface area contributed by atoms with E-state index in [0.29, 0.717) is 11.1 Å². The molecule has 1 aromatic heterocycles. The van der Waals surface area contributed by atoms with E-state index in [1.54, 1.807) is 13.0 Å². The second-order valence-electron chi connectivity index (χ2n) is 3.95. The molecule has 0 atom stereocenters. The molecule has 0 aliphatic heterocycles. The van der Waals surface area contributed by atoms with Crippen LogP contribution in [0, 0.1) is 12.7 Å². The predicted octanol–water partition coefficient (Wildman–Crippen LogP) is 2.61. The number of nitrogens with two attached hydrogens (primary N) is 1. The quantitative estimate of drug-likeness (QED) is 0.847. The average Bonchev–Trinajstić information content (AvgIpc) is 2.77. The van der Waals surface area contributed by atoms with E-state index in [1.165, 1.54) is 24.5 Å². The zero-order chi connectivity index (χ0) is 14.0. The SMILES string of the molecule is Cc1ccoc1C(=O)Nc1ccc(C(N)=S)cc1F. The first-order chi connectivity index (χ1) is 8.99. The van der Waals surface area contributed by atoms with Crippen molar-refractivity contribution in [1.82, 2.24) is 0 Å². The Morgan fingerprint density at radius 2 is 2.16 bits per heavy atom. The number of hydrogen-bond donors (Lipinski definition) is 2. The molecule has 0 radical (unpaired) electrons. The summed E-state index contributed by atoms with van der Waals surface area (Å²) in [6.07, 6.45) is 1.40. The summed E-state index contributed by atoms with van der Waals surface area (Å²) in [4.78, 5) is 11.9. The number of nitrogens with one attached hydrogen (secondary N) is 1. The summed E-state index contributed by atoms with van der Waals surface area (Å²) in [6, 6.07) is 5.77. The molecule has 1 amide bonds. The van der Waals surface area contributed by atoms with E-state index >= 15 is 0 Å². The maximum absolute atomic E-state index is 13.8. The molecule has 6 heteroatoms. The number of thiocarbonyl (C=S) groups is 1. The Kier molecular flexibility index (Phi) is 3.62. The van der Waals surface area contributed by atoms with Crippen LogP contribution in [0.5, 0.6) is 0 Å². The van der Waals surface area contributed by atoms with Crippen molar-refractivity contribution < 1.29 is 13.6 Å². The molecule has 0 saturated heterocycles. The van der Waals surface area contributed by atoms with Gasteiger partial charge in [-0.25, -0.2) is 4.39 Å². The van der Waals surface area contributed by atoms with E-state index in [0.717, 1.165) is 0 Å². The van der Waals surface area contributed by atoms with Crippen LogP contribution in [-0.4, -0.2) is 10.9 Å². The minimum atomic E-state index is -0.608. The molecule has 1 aromatic carbocycles. The van der Waals surface area contributed by atoms with Gasteiger partial charge in [0, 0.05) is 11.1 Å². The smallest absolute Gasteiger partial charge is 0.291 e. The average molecular weight is 278 g/mol. The molecular formula is C13H11FN2O2S.